The van der Waals surface area contributed by atoms with Gasteiger partial charge in [0.1, 0.15) is 0 Å². The van der Waals surface area contributed by atoms with Gasteiger partial charge in [0, 0.05) is 16.6 Å². The van der Waals surface area contributed by atoms with Gasteiger partial charge >= 0.3 is 0 Å². The fourth-order valence-electron chi connectivity index (χ4n) is 1.44. The molecule has 1 aromatic rings. The Bertz CT molecular complexity index is 297. The topological polar surface area (TPSA) is 26.3 Å². The molecule has 2 rings (SSSR count). The maximum atomic E-state index is 11.3. The van der Waals surface area contributed by atoms with E-state index >= 15 is 0 Å². The predicted octanol–water partition coefficient (Wildman–Crippen LogP) is 1.51. The Balaban J connectivity index is 2.13. The van der Waals surface area contributed by atoms with E-state index in [-0.39, 0.29) is 6.10 Å². The van der Waals surface area contributed by atoms with Gasteiger partial charge < -0.3 is 4.74 Å². The number of ether oxygens (including phenoxy) is 1. The molecule has 1 saturated heterocycles. The fourth-order valence-corrected chi connectivity index (χ4v) is 2.52. The van der Waals surface area contributed by atoms with Crippen LogP contribution in [-0.4, -0.2) is 22.3 Å². The van der Waals surface area contributed by atoms with Crippen molar-refractivity contribution in [3.8, 4) is 0 Å². The molecule has 0 spiro atoms. The number of hydrogen-bond donors (Lipinski definition) is 0. The first kappa shape index (κ1) is 8.91. The van der Waals surface area contributed by atoms with Crippen LogP contribution in [0.15, 0.2) is 30.3 Å². The summed E-state index contributed by atoms with van der Waals surface area (Å²) in [7, 11) is -0.696. The molecule has 2 nitrogen and oxygen atoms in total. The Kier molecular flexibility index (Phi) is 2.76. The molecule has 13 heavy (non-hydrogen) atoms. The van der Waals surface area contributed by atoms with Crippen molar-refractivity contribution in [1.82, 2.24) is 0 Å². The molecule has 1 unspecified atom stereocenters. The van der Waals surface area contributed by atoms with Gasteiger partial charge in [0.2, 0.25) is 0 Å². The zero-order valence-electron chi connectivity index (χ0n) is 7.31. The van der Waals surface area contributed by atoms with E-state index in [0.717, 1.165) is 5.56 Å². The van der Waals surface area contributed by atoms with Gasteiger partial charge in [-0.3, -0.25) is 4.21 Å². The van der Waals surface area contributed by atoms with Gasteiger partial charge in [-0.05, 0) is 5.56 Å². The Morgan fingerprint density at radius 3 is 2.77 bits per heavy atom. The van der Waals surface area contributed by atoms with Gasteiger partial charge in [-0.15, -0.1) is 0 Å². The second-order valence-electron chi connectivity index (χ2n) is 3.08. The summed E-state index contributed by atoms with van der Waals surface area (Å²) in [6.07, 6.45) is 0.0378. The summed E-state index contributed by atoms with van der Waals surface area (Å²) in [5, 5.41) is 0. The van der Waals surface area contributed by atoms with Crippen molar-refractivity contribution in [2.24, 2.45) is 0 Å². The third-order valence-corrected chi connectivity index (χ3v) is 3.44. The highest BCUT2D eigenvalue weighted by Gasteiger charge is 2.19. The largest absolute Gasteiger partial charge is 0.372 e. The Morgan fingerprint density at radius 1 is 1.31 bits per heavy atom. The van der Waals surface area contributed by atoms with Crippen LogP contribution < -0.4 is 0 Å². The molecule has 0 bridgehead atoms. The highest BCUT2D eigenvalue weighted by atomic mass is 32.2. The average Bonchev–Trinajstić information content (AvgIpc) is 2.19. The van der Waals surface area contributed by atoms with E-state index in [9.17, 15) is 4.21 Å². The van der Waals surface area contributed by atoms with Crippen molar-refractivity contribution in [2.75, 3.05) is 18.1 Å². The Hall–Kier alpha value is -0.670. The van der Waals surface area contributed by atoms with Gasteiger partial charge in [-0.1, -0.05) is 30.3 Å². The SMILES string of the molecule is O=S1CCO[C@H](c2ccccc2)C1. The van der Waals surface area contributed by atoms with Crippen LogP contribution in [0.3, 0.4) is 0 Å². The number of hydrogen-bond acceptors (Lipinski definition) is 2. The number of benzene rings is 1. The lowest BCUT2D eigenvalue weighted by molar-refractivity contribution is 0.0737. The first-order chi connectivity index (χ1) is 6.36. The minimum Gasteiger partial charge on any atom is -0.372 e. The molecule has 1 fully saturated rings. The molecule has 1 aromatic carbocycles. The summed E-state index contributed by atoms with van der Waals surface area (Å²) in [5.41, 5.74) is 1.13. The quantitative estimate of drug-likeness (QED) is 0.680. The molecule has 0 N–H and O–H groups in total. The minimum atomic E-state index is -0.696. The highest BCUT2D eigenvalue weighted by molar-refractivity contribution is 7.85. The lowest BCUT2D eigenvalue weighted by Crippen LogP contribution is -2.24. The predicted molar refractivity (Wildman–Crippen MR) is 53.0 cm³/mol. The molecule has 0 radical (unpaired) electrons. The molecular weight excluding hydrogens is 184 g/mol. The van der Waals surface area contributed by atoms with Crippen molar-refractivity contribution in [2.45, 2.75) is 6.10 Å². The summed E-state index contributed by atoms with van der Waals surface area (Å²) >= 11 is 0. The third kappa shape index (κ3) is 2.17. The van der Waals surface area contributed by atoms with Gasteiger partial charge in [0.25, 0.3) is 0 Å². The third-order valence-electron chi connectivity index (χ3n) is 2.14. The van der Waals surface area contributed by atoms with Crippen molar-refractivity contribution < 1.29 is 8.95 Å². The van der Waals surface area contributed by atoms with Gasteiger partial charge in [0.15, 0.2) is 0 Å². The van der Waals surface area contributed by atoms with Crippen LogP contribution in [0, 0.1) is 0 Å². The molecule has 1 aliphatic rings. The first-order valence-corrected chi connectivity index (χ1v) is 5.86. The van der Waals surface area contributed by atoms with Crippen LogP contribution in [0.4, 0.5) is 0 Å². The summed E-state index contributed by atoms with van der Waals surface area (Å²) in [5.74, 6) is 1.33. The van der Waals surface area contributed by atoms with Gasteiger partial charge in [-0.2, -0.15) is 0 Å². The average molecular weight is 196 g/mol. The van der Waals surface area contributed by atoms with Gasteiger partial charge in [0.05, 0.1) is 18.5 Å². The van der Waals surface area contributed by atoms with Crippen molar-refractivity contribution in [3.63, 3.8) is 0 Å². The van der Waals surface area contributed by atoms with Crippen molar-refractivity contribution in [3.05, 3.63) is 35.9 Å². The molecule has 0 aromatic heterocycles. The second kappa shape index (κ2) is 4.03. The van der Waals surface area contributed by atoms with E-state index in [1.807, 2.05) is 30.3 Å². The first-order valence-electron chi connectivity index (χ1n) is 4.38. The van der Waals surface area contributed by atoms with E-state index in [0.29, 0.717) is 18.1 Å². The molecular formula is C10H12O2S. The second-order valence-corrected chi connectivity index (χ2v) is 4.70. The molecule has 0 saturated carbocycles. The van der Waals surface area contributed by atoms with Crippen LogP contribution in [0.25, 0.3) is 0 Å². The Morgan fingerprint density at radius 2 is 2.08 bits per heavy atom. The van der Waals surface area contributed by atoms with Crippen LogP contribution in [-0.2, 0) is 15.5 Å². The normalized spacial score (nSPS) is 28.6. The smallest absolute Gasteiger partial charge is 0.0940 e. The molecule has 0 aliphatic carbocycles. The summed E-state index contributed by atoms with van der Waals surface area (Å²) in [6, 6.07) is 9.98. The van der Waals surface area contributed by atoms with E-state index in [1.54, 1.807) is 0 Å². The number of rotatable bonds is 1. The fraction of sp³-hybridized carbons (Fsp3) is 0.400. The summed E-state index contributed by atoms with van der Waals surface area (Å²) in [4.78, 5) is 0. The molecule has 70 valence electrons. The van der Waals surface area contributed by atoms with E-state index in [2.05, 4.69) is 0 Å². The molecule has 3 heteroatoms. The molecule has 0 amide bonds. The van der Waals surface area contributed by atoms with Crippen LogP contribution in [0.5, 0.6) is 0 Å². The highest BCUT2D eigenvalue weighted by Crippen LogP contribution is 2.21. The summed E-state index contributed by atoms with van der Waals surface area (Å²) in [6.45, 7) is 0.617. The maximum Gasteiger partial charge on any atom is 0.0940 e. The summed E-state index contributed by atoms with van der Waals surface area (Å²) < 4.78 is 16.8. The lowest BCUT2D eigenvalue weighted by atomic mass is 10.1. The van der Waals surface area contributed by atoms with Crippen LogP contribution >= 0.6 is 0 Å². The minimum absolute atomic E-state index is 0.0378. The Labute approximate surface area is 80.4 Å². The zero-order valence-corrected chi connectivity index (χ0v) is 8.13. The van der Waals surface area contributed by atoms with E-state index in [4.69, 9.17) is 4.74 Å². The van der Waals surface area contributed by atoms with Gasteiger partial charge in [-0.25, -0.2) is 0 Å². The van der Waals surface area contributed by atoms with Crippen LogP contribution in [0.2, 0.25) is 0 Å². The zero-order chi connectivity index (χ0) is 9.10. The monoisotopic (exact) mass is 196 g/mol. The molecule has 1 aliphatic heterocycles. The van der Waals surface area contributed by atoms with Crippen molar-refractivity contribution >= 4 is 10.8 Å². The molecule has 2 atom stereocenters. The van der Waals surface area contributed by atoms with Crippen molar-refractivity contribution in [1.29, 1.82) is 0 Å². The molecule has 1 heterocycles. The maximum absolute atomic E-state index is 11.3. The lowest BCUT2D eigenvalue weighted by Gasteiger charge is -2.22. The van der Waals surface area contributed by atoms with E-state index < -0.39 is 10.8 Å². The van der Waals surface area contributed by atoms with Crippen LogP contribution in [0.1, 0.15) is 11.7 Å². The van der Waals surface area contributed by atoms with E-state index in [1.165, 1.54) is 0 Å². The standard InChI is InChI=1S/C10H12O2S/c11-13-7-6-12-10(8-13)9-4-2-1-3-5-9/h1-5,10H,6-8H2/t10-,13?/m0/s1.